The number of ketones is 1. The largest absolute Gasteiger partial charge is 0.462 e. The third-order valence-corrected chi connectivity index (χ3v) is 3.86. The highest BCUT2D eigenvalue weighted by Crippen LogP contribution is 2.41. The van der Waals surface area contributed by atoms with E-state index in [1.165, 1.54) is 6.92 Å². The molecule has 1 aromatic carbocycles. The maximum absolute atomic E-state index is 12.4. The first-order valence-electron chi connectivity index (χ1n) is 7.50. The molecular weight excluding hydrogens is 294 g/mol. The van der Waals surface area contributed by atoms with E-state index in [1.54, 1.807) is 13.8 Å². The average Bonchev–Trinajstić information content (AvgIpc) is 2.46. The number of hydrogen-bond acceptors (Lipinski definition) is 5. The lowest BCUT2D eigenvalue weighted by Gasteiger charge is -2.29. The Kier molecular flexibility index (Phi) is 4.89. The highest BCUT2D eigenvalue weighted by atomic mass is 16.5. The quantitative estimate of drug-likeness (QED) is 0.864. The molecule has 0 aromatic heterocycles. The third-order valence-electron chi connectivity index (χ3n) is 3.86. The van der Waals surface area contributed by atoms with Gasteiger partial charge in [0.25, 0.3) is 0 Å². The second-order valence-electron chi connectivity index (χ2n) is 5.42. The number of rotatable bonds is 4. The predicted molar refractivity (Wildman–Crippen MR) is 86.2 cm³/mol. The number of aryl methyl sites for hydroxylation is 1. The third kappa shape index (κ3) is 3.13. The normalized spacial score (nSPS) is 17.8. The lowest BCUT2D eigenvalue weighted by molar-refractivity contribution is -0.139. The smallest absolute Gasteiger partial charge is 0.340 e. The molecule has 122 valence electrons. The highest BCUT2D eigenvalue weighted by Gasteiger charge is 2.38. The second kappa shape index (κ2) is 6.69. The summed E-state index contributed by atoms with van der Waals surface area (Å²) in [6, 6.07) is 7.58. The van der Waals surface area contributed by atoms with Crippen LogP contribution in [0.2, 0.25) is 0 Å². The van der Waals surface area contributed by atoms with Crippen LogP contribution in [0.15, 0.2) is 47.1 Å². The maximum atomic E-state index is 12.4. The molecule has 2 rings (SSSR count). The monoisotopic (exact) mass is 315 g/mol. The average molecular weight is 315 g/mol. The number of nitrogens with two attached hydrogens (primary N) is 1. The van der Waals surface area contributed by atoms with Gasteiger partial charge in [0.2, 0.25) is 5.88 Å². The van der Waals surface area contributed by atoms with Crippen LogP contribution in [0.3, 0.4) is 0 Å². The summed E-state index contributed by atoms with van der Waals surface area (Å²) in [5, 5.41) is 0. The van der Waals surface area contributed by atoms with Crippen LogP contribution in [-0.4, -0.2) is 18.4 Å². The lowest BCUT2D eigenvalue weighted by Crippen LogP contribution is -2.29. The Hall–Kier alpha value is -2.56. The number of benzene rings is 1. The molecule has 5 heteroatoms. The van der Waals surface area contributed by atoms with Gasteiger partial charge in [-0.25, -0.2) is 4.79 Å². The van der Waals surface area contributed by atoms with Crippen molar-refractivity contribution in [3.05, 3.63) is 58.2 Å². The van der Waals surface area contributed by atoms with Gasteiger partial charge in [0.05, 0.1) is 12.5 Å². The van der Waals surface area contributed by atoms with E-state index in [2.05, 4.69) is 0 Å². The van der Waals surface area contributed by atoms with Crippen molar-refractivity contribution in [2.45, 2.75) is 33.6 Å². The predicted octanol–water partition coefficient (Wildman–Crippen LogP) is 2.71. The Labute approximate surface area is 135 Å². The number of allylic oxidation sites excluding steroid dienone is 2. The first-order valence-corrected chi connectivity index (χ1v) is 7.50. The van der Waals surface area contributed by atoms with Gasteiger partial charge in [0, 0.05) is 5.57 Å². The Morgan fingerprint density at radius 1 is 1.22 bits per heavy atom. The molecule has 1 heterocycles. The topological polar surface area (TPSA) is 78.6 Å². The molecule has 1 atom stereocenters. The zero-order valence-corrected chi connectivity index (χ0v) is 13.8. The van der Waals surface area contributed by atoms with Gasteiger partial charge in [-0.05, 0) is 38.8 Å². The van der Waals surface area contributed by atoms with Crippen molar-refractivity contribution in [3.8, 4) is 0 Å². The summed E-state index contributed by atoms with van der Waals surface area (Å²) in [4.78, 5) is 24.6. The van der Waals surface area contributed by atoms with Crippen molar-refractivity contribution in [2.75, 3.05) is 6.61 Å². The Balaban J connectivity index is 2.69. The van der Waals surface area contributed by atoms with E-state index in [4.69, 9.17) is 15.2 Å². The summed E-state index contributed by atoms with van der Waals surface area (Å²) >= 11 is 0. The highest BCUT2D eigenvalue weighted by molar-refractivity contribution is 6.01. The first kappa shape index (κ1) is 16.8. The van der Waals surface area contributed by atoms with Gasteiger partial charge < -0.3 is 15.2 Å². The summed E-state index contributed by atoms with van der Waals surface area (Å²) in [5.74, 6) is -0.911. The van der Waals surface area contributed by atoms with E-state index < -0.39 is 11.9 Å². The van der Waals surface area contributed by atoms with Gasteiger partial charge in [-0.2, -0.15) is 0 Å². The maximum Gasteiger partial charge on any atom is 0.340 e. The second-order valence-corrected chi connectivity index (χ2v) is 5.42. The van der Waals surface area contributed by atoms with Gasteiger partial charge in [-0.3, -0.25) is 4.79 Å². The standard InChI is InChI=1S/C18H21NO4/c1-5-22-18(21)16-15(13-9-7-6-8-10(13)2)14(11(3)20)12(4)23-17(16)19/h6-9,15H,5,19H2,1-4H3/t15-/m1/s1. The number of carbonyl (C=O) groups is 2. The minimum atomic E-state index is -0.582. The summed E-state index contributed by atoms with van der Waals surface area (Å²) in [5.41, 5.74) is 8.36. The van der Waals surface area contributed by atoms with Crippen LogP contribution in [0, 0.1) is 6.92 Å². The van der Waals surface area contributed by atoms with Crippen LogP contribution in [0.1, 0.15) is 37.8 Å². The van der Waals surface area contributed by atoms with Crippen LogP contribution in [0.25, 0.3) is 0 Å². The fraction of sp³-hybridized carbons (Fsp3) is 0.333. The summed E-state index contributed by atoms with van der Waals surface area (Å²) < 4.78 is 10.6. The molecule has 1 aromatic rings. The minimum absolute atomic E-state index is 0.0146. The van der Waals surface area contributed by atoms with Crippen molar-refractivity contribution >= 4 is 11.8 Å². The molecule has 23 heavy (non-hydrogen) atoms. The molecule has 0 spiro atoms. The number of esters is 1. The minimum Gasteiger partial charge on any atom is -0.462 e. The van der Waals surface area contributed by atoms with E-state index in [-0.39, 0.29) is 23.8 Å². The van der Waals surface area contributed by atoms with Gasteiger partial charge in [0.1, 0.15) is 11.3 Å². The van der Waals surface area contributed by atoms with E-state index in [9.17, 15) is 9.59 Å². The van der Waals surface area contributed by atoms with Gasteiger partial charge in [-0.15, -0.1) is 0 Å². The lowest BCUT2D eigenvalue weighted by atomic mass is 9.79. The van der Waals surface area contributed by atoms with Crippen LogP contribution in [-0.2, 0) is 19.1 Å². The Bertz CT molecular complexity index is 715. The molecule has 0 amide bonds. The Morgan fingerprint density at radius 2 is 1.87 bits per heavy atom. The zero-order valence-electron chi connectivity index (χ0n) is 13.8. The first-order chi connectivity index (χ1) is 10.9. The van der Waals surface area contributed by atoms with Crippen LogP contribution >= 0.6 is 0 Å². The van der Waals surface area contributed by atoms with Crippen molar-refractivity contribution in [1.29, 1.82) is 0 Å². The molecule has 1 aliphatic rings. The fourth-order valence-corrected chi connectivity index (χ4v) is 2.86. The van der Waals surface area contributed by atoms with Gasteiger partial charge in [0.15, 0.2) is 5.78 Å². The molecule has 0 saturated heterocycles. The summed E-state index contributed by atoms with van der Waals surface area (Å²) in [7, 11) is 0. The number of Topliss-reactive ketones (excluding diaryl/α,β-unsaturated/α-hetero) is 1. The van der Waals surface area contributed by atoms with E-state index >= 15 is 0 Å². The molecule has 0 bridgehead atoms. The van der Waals surface area contributed by atoms with Gasteiger partial charge >= 0.3 is 5.97 Å². The number of hydrogen-bond donors (Lipinski definition) is 1. The van der Waals surface area contributed by atoms with Crippen LogP contribution in [0.5, 0.6) is 0 Å². The molecule has 1 aliphatic heterocycles. The number of ether oxygens (including phenoxy) is 2. The van der Waals surface area contributed by atoms with E-state index in [1.807, 2.05) is 31.2 Å². The summed E-state index contributed by atoms with van der Waals surface area (Å²) in [6.07, 6.45) is 0. The summed E-state index contributed by atoms with van der Waals surface area (Å²) in [6.45, 7) is 6.99. The van der Waals surface area contributed by atoms with E-state index in [0.717, 1.165) is 11.1 Å². The van der Waals surface area contributed by atoms with Crippen LogP contribution < -0.4 is 5.73 Å². The SMILES string of the molecule is CCOC(=O)C1=C(N)OC(C)=C(C(C)=O)[C@H]1c1ccccc1C. The van der Waals surface area contributed by atoms with E-state index in [0.29, 0.717) is 11.3 Å². The van der Waals surface area contributed by atoms with Gasteiger partial charge in [-0.1, -0.05) is 24.3 Å². The molecule has 5 nitrogen and oxygen atoms in total. The van der Waals surface area contributed by atoms with Crippen LogP contribution in [0.4, 0.5) is 0 Å². The zero-order chi connectivity index (χ0) is 17.1. The van der Waals surface area contributed by atoms with Crippen molar-refractivity contribution in [1.82, 2.24) is 0 Å². The molecule has 0 fully saturated rings. The fourth-order valence-electron chi connectivity index (χ4n) is 2.86. The molecule has 0 unspecified atom stereocenters. The molecule has 0 aliphatic carbocycles. The Morgan fingerprint density at radius 3 is 2.43 bits per heavy atom. The number of carbonyl (C=O) groups excluding carboxylic acids is 2. The van der Waals surface area contributed by atoms with Crippen molar-refractivity contribution < 1.29 is 19.1 Å². The molecule has 0 saturated carbocycles. The molecule has 2 N–H and O–H groups in total. The van der Waals surface area contributed by atoms with Crippen molar-refractivity contribution in [2.24, 2.45) is 5.73 Å². The molecule has 0 radical (unpaired) electrons. The molecular formula is C18H21NO4. The van der Waals surface area contributed by atoms with Crippen molar-refractivity contribution in [3.63, 3.8) is 0 Å².